The molecule has 2 aromatic heterocycles. The minimum Gasteiger partial charge on any atom is -0.458 e. The zero-order valence-electron chi connectivity index (χ0n) is 16.5. The summed E-state index contributed by atoms with van der Waals surface area (Å²) in [5, 5.41) is 11.2. The third-order valence-corrected chi connectivity index (χ3v) is 6.20. The first-order valence-corrected chi connectivity index (χ1v) is 10.1. The zero-order valence-corrected chi connectivity index (χ0v) is 16.5. The monoisotopic (exact) mass is 421 g/mol. The van der Waals surface area contributed by atoms with Crippen LogP contribution in [0.15, 0.2) is 23.0 Å². The van der Waals surface area contributed by atoms with E-state index in [1.54, 1.807) is 10.6 Å². The summed E-state index contributed by atoms with van der Waals surface area (Å²) in [6.45, 7) is 0.924. The van der Waals surface area contributed by atoms with Crippen molar-refractivity contribution in [1.29, 1.82) is 0 Å². The van der Waals surface area contributed by atoms with Gasteiger partial charge in [-0.05, 0) is 37.1 Å². The summed E-state index contributed by atoms with van der Waals surface area (Å²) < 4.78 is 17.7. The Kier molecular flexibility index (Phi) is 3.87. The normalized spacial score (nSPS) is 18.0. The zero-order chi connectivity index (χ0) is 21.3. The summed E-state index contributed by atoms with van der Waals surface area (Å²) in [5.41, 5.74) is 10.1. The Labute approximate surface area is 176 Å². The first kappa shape index (κ1) is 18.3. The van der Waals surface area contributed by atoms with Crippen molar-refractivity contribution >= 4 is 16.9 Å². The van der Waals surface area contributed by atoms with Gasteiger partial charge in [-0.3, -0.25) is 4.79 Å². The number of cyclic esters (lactones) is 1. The number of benzene rings is 1. The van der Waals surface area contributed by atoms with Gasteiger partial charge in [0.05, 0.1) is 29.0 Å². The fraction of sp³-hybridized carbons (Fsp3) is 0.318. The summed E-state index contributed by atoms with van der Waals surface area (Å²) in [6.07, 6.45) is 0.0323. The van der Waals surface area contributed by atoms with Crippen LogP contribution in [0.1, 0.15) is 34.8 Å². The number of carbonyl (C=O) groups is 1. The number of hydrogen-bond acceptors (Lipinski definition) is 8. The van der Waals surface area contributed by atoms with E-state index < -0.39 is 12.1 Å². The van der Waals surface area contributed by atoms with E-state index in [2.05, 4.69) is 0 Å². The average molecular weight is 421 g/mol. The molecule has 0 bridgehead atoms. The number of nitrogens with two attached hydrogens (primary N) is 1. The number of aliphatic hydroxyl groups excluding tert-OH is 1. The Bertz CT molecular complexity index is 1350. The van der Waals surface area contributed by atoms with E-state index in [4.69, 9.17) is 24.9 Å². The molecule has 0 radical (unpaired) electrons. The van der Waals surface area contributed by atoms with Crippen LogP contribution >= 0.6 is 0 Å². The van der Waals surface area contributed by atoms with Gasteiger partial charge in [0.1, 0.15) is 6.61 Å². The molecule has 5 heterocycles. The minimum atomic E-state index is -1.47. The van der Waals surface area contributed by atoms with E-state index >= 15 is 0 Å². The second-order valence-corrected chi connectivity index (χ2v) is 7.90. The van der Waals surface area contributed by atoms with Gasteiger partial charge in [0.2, 0.25) is 6.79 Å². The predicted octanol–water partition coefficient (Wildman–Crippen LogP) is 1.14. The number of esters is 1. The molecular weight excluding hydrogens is 402 g/mol. The highest BCUT2D eigenvalue weighted by atomic mass is 16.7. The molecule has 0 aliphatic carbocycles. The van der Waals surface area contributed by atoms with Gasteiger partial charge < -0.3 is 29.6 Å². The largest absolute Gasteiger partial charge is 0.458 e. The highest BCUT2D eigenvalue weighted by Crippen LogP contribution is 2.42. The molecule has 9 nitrogen and oxygen atoms in total. The number of pyridine rings is 2. The van der Waals surface area contributed by atoms with Crippen LogP contribution in [0.25, 0.3) is 22.3 Å². The maximum Gasteiger partial charge on any atom is 0.340 e. The number of hydrogen-bond donors (Lipinski definition) is 2. The fourth-order valence-corrected chi connectivity index (χ4v) is 4.66. The molecule has 0 saturated heterocycles. The Morgan fingerprint density at radius 2 is 1.94 bits per heavy atom. The molecule has 3 aliphatic rings. The Balaban J connectivity index is 1.62. The molecule has 0 saturated carbocycles. The van der Waals surface area contributed by atoms with Gasteiger partial charge >= 0.3 is 5.97 Å². The van der Waals surface area contributed by atoms with E-state index in [0.717, 1.165) is 34.9 Å². The number of fused-ring (bicyclic) bond motifs is 6. The molecule has 3 aromatic rings. The molecule has 1 atom stereocenters. The number of carbonyl (C=O) groups excluding carboxylic acids is 1. The van der Waals surface area contributed by atoms with Crippen molar-refractivity contribution in [2.45, 2.75) is 32.1 Å². The first-order valence-electron chi connectivity index (χ1n) is 10.1. The highest BCUT2D eigenvalue weighted by molar-refractivity contribution is 5.91. The van der Waals surface area contributed by atoms with Crippen molar-refractivity contribution in [2.24, 2.45) is 5.73 Å². The number of rotatable bonds is 3. The summed E-state index contributed by atoms with van der Waals surface area (Å²) in [4.78, 5) is 29.9. The van der Waals surface area contributed by atoms with Crippen LogP contribution in [0.5, 0.6) is 11.5 Å². The van der Waals surface area contributed by atoms with E-state index in [1.165, 1.54) is 0 Å². The summed E-state index contributed by atoms with van der Waals surface area (Å²) >= 11 is 0. The number of aryl methyl sites for hydroxylation is 1. The third kappa shape index (κ3) is 2.53. The molecular formula is C22H19N3O6. The van der Waals surface area contributed by atoms with Crippen LogP contribution in [0, 0.1) is 0 Å². The van der Waals surface area contributed by atoms with Crippen LogP contribution in [-0.4, -0.2) is 34.0 Å². The highest BCUT2D eigenvalue weighted by Gasteiger charge is 2.34. The molecule has 0 amide bonds. The van der Waals surface area contributed by atoms with Crippen LogP contribution < -0.4 is 20.8 Å². The molecule has 9 heteroatoms. The lowest BCUT2D eigenvalue weighted by molar-refractivity contribution is -0.157. The Hall–Kier alpha value is -3.43. The molecule has 1 aromatic carbocycles. The third-order valence-electron chi connectivity index (χ3n) is 6.20. The van der Waals surface area contributed by atoms with Crippen molar-refractivity contribution < 1.29 is 24.1 Å². The maximum absolute atomic E-state index is 13.2. The quantitative estimate of drug-likeness (QED) is 0.472. The van der Waals surface area contributed by atoms with Gasteiger partial charge in [0.25, 0.3) is 5.56 Å². The van der Waals surface area contributed by atoms with Gasteiger partial charge in [-0.15, -0.1) is 0 Å². The van der Waals surface area contributed by atoms with Gasteiger partial charge in [0, 0.05) is 22.6 Å². The van der Waals surface area contributed by atoms with Crippen molar-refractivity contribution in [3.05, 3.63) is 50.8 Å². The average Bonchev–Trinajstić information content (AvgIpc) is 3.37. The van der Waals surface area contributed by atoms with Crippen LogP contribution in [0.2, 0.25) is 0 Å². The molecule has 31 heavy (non-hydrogen) atoms. The lowest BCUT2D eigenvalue weighted by Crippen LogP contribution is -2.32. The second-order valence-electron chi connectivity index (χ2n) is 7.90. The summed E-state index contributed by atoms with van der Waals surface area (Å²) in [5.74, 6) is 0.548. The number of aliphatic hydroxyl groups is 1. The fourth-order valence-electron chi connectivity index (χ4n) is 4.66. The Morgan fingerprint density at radius 1 is 1.13 bits per heavy atom. The predicted molar refractivity (Wildman–Crippen MR) is 109 cm³/mol. The van der Waals surface area contributed by atoms with Gasteiger partial charge in [-0.2, -0.15) is 0 Å². The summed E-state index contributed by atoms with van der Waals surface area (Å²) in [6, 6.07) is 5.46. The van der Waals surface area contributed by atoms with E-state index in [9.17, 15) is 14.7 Å². The van der Waals surface area contributed by atoms with Crippen molar-refractivity contribution in [1.82, 2.24) is 9.55 Å². The smallest absolute Gasteiger partial charge is 0.340 e. The lowest BCUT2D eigenvalue weighted by Gasteiger charge is -2.21. The molecule has 6 rings (SSSR count). The molecule has 1 unspecified atom stereocenters. The number of nitrogens with zero attached hydrogens (tertiary/aromatic N) is 2. The van der Waals surface area contributed by atoms with Crippen molar-refractivity contribution in [3.63, 3.8) is 0 Å². The molecule has 0 fully saturated rings. The van der Waals surface area contributed by atoms with Crippen LogP contribution in [0.3, 0.4) is 0 Å². The van der Waals surface area contributed by atoms with Crippen molar-refractivity contribution in [2.75, 3.05) is 13.3 Å². The van der Waals surface area contributed by atoms with Gasteiger partial charge in [-0.1, -0.05) is 0 Å². The van der Waals surface area contributed by atoms with Crippen LogP contribution in [-0.2, 0) is 29.1 Å². The molecule has 3 aliphatic heterocycles. The van der Waals surface area contributed by atoms with E-state index in [1.807, 2.05) is 12.1 Å². The standard InChI is InChI=1S/C22H19N3O6/c23-3-1-2-10-11-5-17-18(31-9-30-17)6-15(11)24-19-13(10)7-25-16(19)4-12-14(21(25)27)8-29-22(28)20(12)26/h4-6,20,26H,1-3,7-9,23H2. The molecule has 158 valence electrons. The SMILES string of the molecule is NCCCc1c2c(nc3cc4c(cc13)OCO4)-c1cc3c(c(=O)n1C2)COC(=O)C3O. The first-order chi connectivity index (χ1) is 15.1. The van der Waals surface area contributed by atoms with Crippen molar-refractivity contribution in [3.8, 4) is 22.9 Å². The minimum absolute atomic E-state index is 0.141. The van der Waals surface area contributed by atoms with Gasteiger partial charge in [-0.25, -0.2) is 9.78 Å². The lowest BCUT2D eigenvalue weighted by atomic mass is 9.96. The number of ether oxygens (including phenoxy) is 3. The Morgan fingerprint density at radius 3 is 2.74 bits per heavy atom. The molecule has 3 N–H and O–H groups in total. The van der Waals surface area contributed by atoms with Gasteiger partial charge in [0.15, 0.2) is 17.6 Å². The maximum atomic E-state index is 13.2. The van der Waals surface area contributed by atoms with E-state index in [-0.39, 0.29) is 24.5 Å². The molecule has 0 spiro atoms. The number of aromatic nitrogens is 2. The second kappa shape index (κ2) is 6.53. The topological polar surface area (TPSA) is 126 Å². The summed E-state index contributed by atoms with van der Waals surface area (Å²) in [7, 11) is 0. The van der Waals surface area contributed by atoms with E-state index in [0.29, 0.717) is 41.5 Å². The van der Waals surface area contributed by atoms with Crippen LogP contribution in [0.4, 0.5) is 0 Å².